The van der Waals surface area contributed by atoms with E-state index in [4.69, 9.17) is 4.42 Å². The highest BCUT2D eigenvalue weighted by molar-refractivity contribution is 7.98. The minimum absolute atomic E-state index is 0.101. The molecule has 1 amide bonds. The van der Waals surface area contributed by atoms with Crippen LogP contribution in [0.4, 0.5) is 0 Å². The van der Waals surface area contributed by atoms with E-state index in [0.717, 1.165) is 27.0 Å². The number of thioether (sulfide) groups is 1. The van der Waals surface area contributed by atoms with E-state index in [1.54, 1.807) is 11.6 Å². The van der Waals surface area contributed by atoms with Gasteiger partial charge in [-0.15, -0.1) is 21.5 Å². The molecule has 0 aliphatic heterocycles. The van der Waals surface area contributed by atoms with E-state index in [1.807, 2.05) is 72.2 Å². The molecule has 0 saturated carbocycles. The van der Waals surface area contributed by atoms with Crippen molar-refractivity contribution in [3.05, 3.63) is 100 Å². The van der Waals surface area contributed by atoms with Crippen molar-refractivity contribution in [3.63, 3.8) is 0 Å². The van der Waals surface area contributed by atoms with Gasteiger partial charge in [0.1, 0.15) is 10.7 Å². The molecule has 0 fully saturated rings. The van der Waals surface area contributed by atoms with E-state index < -0.39 is 0 Å². The Kier molecular flexibility index (Phi) is 6.78. The van der Waals surface area contributed by atoms with E-state index in [2.05, 4.69) is 33.5 Å². The topological polar surface area (TPSA) is 85.8 Å². The standard InChI is InChI=1S/C26H23N5O2S2/c1-17-9-6-7-12-21(17)31-24(22-13-8-14-33-22)29-30-26(31)35-16-23-28-20(15-34-23)25(32)27-18(2)19-10-4-3-5-11-19/h3-15,18H,16H2,1-2H3,(H,27,32). The fraction of sp³-hybridized carbons (Fsp3) is 0.154. The summed E-state index contributed by atoms with van der Waals surface area (Å²) in [6.07, 6.45) is 1.62. The Morgan fingerprint density at radius 3 is 2.66 bits per heavy atom. The molecule has 9 heteroatoms. The van der Waals surface area contributed by atoms with Crippen molar-refractivity contribution in [1.82, 2.24) is 25.1 Å². The first-order chi connectivity index (χ1) is 17.1. The molecule has 5 aromatic rings. The average molecular weight is 502 g/mol. The molecule has 7 nitrogen and oxygen atoms in total. The number of furan rings is 1. The number of amides is 1. The Bertz CT molecular complexity index is 1430. The number of para-hydroxylation sites is 1. The smallest absolute Gasteiger partial charge is 0.271 e. The third kappa shape index (κ3) is 5.06. The summed E-state index contributed by atoms with van der Waals surface area (Å²) in [5.74, 6) is 1.67. The van der Waals surface area contributed by atoms with Crippen molar-refractivity contribution in [2.45, 2.75) is 30.8 Å². The third-order valence-electron chi connectivity index (χ3n) is 5.49. The quantitative estimate of drug-likeness (QED) is 0.260. The molecule has 35 heavy (non-hydrogen) atoms. The lowest BCUT2D eigenvalue weighted by Crippen LogP contribution is -2.26. The zero-order valence-electron chi connectivity index (χ0n) is 19.2. The monoisotopic (exact) mass is 501 g/mol. The van der Waals surface area contributed by atoms with Gasteiger partial charge in [0.05, 0.1) is 23.7 Å². The molecule has 1 unspecified atom stereocenters. The molecule has 5 rings (SSSR count). The van der Waals surface area contributed by atoms with Gasteiger partial charge in [-0.2, -0.15) is 0 Å². The van der Waals surface area contributed by atoms with E-state index in [9.17, 15) is 4.79 Å². The van der Waals surface area contributed by atoms with Crippen LogP contribution in [-0.4, -0.2) is 25.7 Å². The van der Waals surface area contributed by atoms with Gasteiger partial charge < -0.3 is 9.73 Å². The molecule has 1 N–H and O–H groups in total. The number of carbonyl (C=O) groups excluding carboxylic acids is 1. The van der Waals surface area contributed by atoms with Crippen molar-refractivity contribution >= 4 is 29.0 Å². The first-order valence-electron chi connectivity index (χ1n) is 11.1. The second-order valence-corrected chi connectivity index (χ2v) is 9.81. The van der Waals surface area contributed by atoms with Gasteiger partial charge in [0.25, 0.3) is 5.91 Å². The lowest BCUT2D eigenvalue weighted by Gasteiger charge is -2.13. The predicted molar refractivity (Wildman–Crippen MR) is 138 cm³/mol. The van der Waals surface area contributed by atoms with E-state index >= 15 is 0 Å². The summed E-state index contributed by atoms with van der Waals surface area (Å²) in [5, 5.41) is 15.2. The lowest BCUT2D eigenvalue weighted by atomic mass is 10.1. The molecule has 0 bridgehead atoms. The Balaban J connectivity index is 1.33. The molecule has 2 aromatic carbocycles. The minimum atomic E-state index is -0.183. The molecule has 0 spiro atoms. The van der Waals surface area contributed by atoms with Crippen molar-refractivity contribution in [2.75, 3.05) is 0 Å². The molecule has 0 radical (unpaired) electrons. The number of nitrogens with zero attached hydrogens (tertiary/aromatic N) is 4. The summed E-state index contributed by atoms with van der Waals surface area (Å²) in [5.41, 5.74) is 3.56. The zero-order chi connectivity index (χ0) is 24.2. The van der Waals surface area contributed by atoms with Gasteiger partial charge in [-0.1, -0.05) is 60.3 Å². The molecule has 0 aliphatic carbocycles. The van der Waals surface area contributed by atoms with Crippen LogP contribution in [0.3, 0.4) is 0 Å². The highest BCUT2D eigenvalue weighted by Gasteiger charge is 2.20. The fourth-order valence-corrected chi connectivity index (χ4v) is 5.40. The van der Waals surface area contributed by atoms with Crippen LogP contribution in [0, 0.1) is 6.92 Å². The average Bonchev–Trinajstić information content (AvgIpc) is 3.64. The van der Waals surface area contributed by atoms with Crippen LogP contribution in [0.25, 0.3) is 17.3 Å². The Labute approximate surface area is 211 Å². The van der Waals surface area contributed by atoms with Gasteiger partial charge in [-0.25, -0.2) is 4.98 Å². The fourth-order valence-electron chi connectivity index (χ4n) is 3.66. The first kappa shape index (κ1) is 23.1. The largest absolute Gasteiger partial charge is 0.461 e. The number of aromatic nitrogens is 4. The highest BCUT2D eigenvalue weighted by Crippen LogP contribution is 2.31. The van der Waals surface area contributed by atoms with Gasteiger partial charge >= 0.3 is 0 Å². The number of carbonyl (C=O) groups is 1. The molecular formula is C26H23N5O2S2. The van der Waals surface area contributed by atoms with Crippen molar-refractivity contribution in [1.29, 1.82) is 0 Å². The van der Waals surface area contributed by atoms with E-state index in [0.29, 0.717) is 23.0 Å². The molecule has 176 valence electrons. The van der Waals surface area contributed by atoms with Crippen LogP contribution in [0.5, 0.6) is 0 Å². The SMILES string of the molecule is Cc1ccccc1-n1c(SCc2nc(C(=O)NC(C)c3ccccc3)cs2)nnc1-c1ccco1. The van der Waals surface area contributed by atoms with Gasteiger partial charge in [0, 0.05) is 5.38 Å². The normalized spacial score (nSPS) is 11.9. The molecule has 1 atom stereocenters. The van der Waals surface area contributed by atoms with Crippen LogP contribution in [0.15, 0.2) is 87.9 Å². The Hall–Kier alpha value is -3.69. The Morgan fingerprint density at radius 2 is 1.89 bits per heavy atom. The zero-order valence-corrected chi connectivity index (χ0v) is 20.8. The summed E-state index contributed by atoms with van der Waals surface area (Å²) in [6, 6.07) is 21.6. The number of nitrogens with one attached hydrogen (secondary N) is 1. The summed E-state index contributed by atoms with van der Waals surface area (Å²) in [4.78, 5) is 17.3. The van der Waals surface area contributed by atoms with Crippen LogP contribution >= 0.6 is 23.1 Å². The predicted octanol–water partition coefficient (Wildman–Crippen LogP) is 6.08. The molecule has 3 heterocycles. The maximum absolute atomic E-state index is 12.7. The van der Waals surface area contributed by atoms with Gasteiger partial charge in [0.15, 0.2) is 10.9 Å². The number of benzene rings is 2. The summed E-state index contributed by atoms with van der Waals surface area (Å²) >= 11 is 2.98. The van der Waals surface area contributed by atoms with Crippen molar-refractivity contribution in [3.8, 4) is 17.3 Å². The highest BCUT2D eigenvalue weighted by atomic mass is 32.2. The molecule has 0 saturated heterocycles. The van der Waals surface area contributed by atoms with Gasteiger partial charge in [0.2, 0.25) is 5.82 Å². The first-order valence-corrected chi connectivity index (χ1v) is 12.9. The number of thiazole rings is 1. The van der Waals surface area contributed by atoms with Crippen molar-refractivity contribution in [2.24, 2.45) is 0 Å². The third-order valence-corrected chi connectivity index (χ3v) is 7.46. The summed E-state index contributed by atoms with van der Waals surface area (Å²) in [6.45, 7) is 4.02. The maximum Gasteiger partial charge on any atom is 0.271 e. The molecular weight excluding hydrogens is 478 g/mol. The second kappa shape index (κ2) is 10.3. The van der Waals surface area contributed by atoms with E-state index in [1.165, 1.54) is 23.1 Å². The maximum atomic E-state index is 12.7. The summed E-state index contributed by atoms with van der Waals surface area (Å²) in [7, 11) is 0. The molecule has 0 aliphatic rings. The second-order valence-electron chi connectivity index (χ2n) is 7.93. The summed E-state index contributed by atoms with van der Waals surface area (Å²) < 4.78 is 7.61. The number of hydrogen-bond donors (Lipinski definition) is 1. The van der Waals surface area contributed by atoms with E-state index in [-0.39, 0.29) is 11.9 Å². The number of aryl methyl sites for hydroxylation is 1. The lowest BCUT2D eigenvalue weighted by molar-refractivity contribution is 0.0935. The minimum Gasteiger partial charge on any atom is -0.461 e. The van der Waals surface area contributed by atoms with Crippen LogP contribution in [0.2, 0.25) is 0 Å². The van der Waals surface area contributed by atoms with Crippen LogP contribution in [-0.2, 0) is 5.75 Å². The molecule has 3 aromatic heterocycles. The van der Waals surface area contributed by atoms with Crippen LogP contribution < -0.4 is 5.32 Å². The van der Waals surface area contributed by atoms with Gasteiger partial charge in [-0.05, 0) is 43.2 Å². The van der Waals surface area contributed by atoms with Crippen molar-refractivity contribution < 1.29 is 9.21 Å². The van der Waals surface area contributed by atoms with Crippen LogP contribution in [0.1, 0.15) is 39.6 Å². The number of hydrogen-bond acceptors (Lipinski definition) is 7. The van der Waals surface area contributed by atoms with Gasteiger partial charge in [-0.3, -0.25) is 9.36 Å². The Morgan fingerprint density at radius 1 is 1.09 bits per heavy atom. The number of rotatable bonds is 8.